The molecule has 0 fully saturated rings. The summed E-state index contributed by atoms with van der Waals surface area (Å²) in [5, 5.41) is 58.7. The average Bonchev–Trinajstić information content (AvgIpc) is 3.32. The highest BCUT2D eigenvalue weighted by molar-refractivity contribution is 5.99. The van der Waals surface area contributed by atoms with Gasteiger partial charge in [-0.05, 0) is 18.2 Å². The summed E-state index contributed by atoms with van der Waals surface area (Å²) < 4.78 is 0. The number of carbonyl (C=O) groups is 3. The molecule has 1 aromatic heterocycles. The summed E-state index contributed by atoms with van der Waals surface area (Å²) >= 11 is 0. The minimum atomic E-state index is -1.23. The Morgan fingerprint density at radius 1 is 1.20 bits per heavy atom. The second-order valence-electron chi connectivity index (χ2n) is 9.00. The fraction of sp³-hybridized carbons (Fsp3) is 0.308. The number of para-hydroxylation sites is 1. The molecule has 15 heteroatoms. The number of aromatic nitrogens is 1. The Morgan fingerprint density at radius 3 is 2.61 bits per heavy atom. The molecule has 220 valence electrons. The highest BCUT2D eigenvalue weighted by Gasteiger charge is 2.16. The Labute approximate surface area is 234 Å². The maximum absolute atomic E-state index is 11.6. The number of carboxylic acid groups (broad SMARTS) is 1. The lowest BCUT2D eigenvalue weighted by Crippen LogP contribution is -2.42. The number of nitrogens with zero attached hydrogens (tertiary/aromatic N) is 1. The van der Waals surface area contributed by atoms with Gasteiger partial charge >= 0.3 is 5.97 Å². The molecule has 0 bridgehead atoms. The van der Waals surface area contributed by atoms with Gasteiger partial charge < -0.3 is 52.2 Å². The van der Waals surface area contributed by atoms with Gasteiger partial charge in [-0.3, -0.25) is 24.7 Å². The third-order valence-electron chi connectivity index (χ3n) is 5.79. The number of nitrogens with two attached hydrogens (primary N) is 1. The fourth-order valence-electron chi connectivity index (χ4n) is 3.84. The number of aliphatic imine (C=N–C) groups is 1. The molecule has 3 atom stereocenters. The molecule has 15 nitrogen and oxygen atoms in total. The number of aliphatic hydroxyl groups is 3. The van der Waals surface area contributed by atoms with Crippen molar-refractivity contribution in [2.24, 2.45) is 10.7 Å². The lowest BCUT2D eigenvalue weighted by atomic mass is 10.1. The number of carboxylic acids is 1. The second-order valence-corrected chi connectivity index (χ2v) is 9.00. The summed E-state index contributed by atoms with van der Waals surface area (Å²) in [6.07, 6.45) is -2.42. The van der Waals surface area contributed by atoms with Gasteiger partial charge in [0.2, 0.25) is 5.91 Å². The van der Waals surface area contributed by atoms with Crippen LogP contribution in [0.5, 0.6) is 5.75 Å². The monoisotopic (exact) mass is 571 g/mol. The molecule has 41 heavy (non-hydrogen) atoms. The van der Waals surface area contributed by atoms with Crippen molar-refractivity contribution in [2.45, 2.75) is 25.0 Å². The predicted octanol–water partition coefficient (Wildman–Crippen LogP) is -0.774. The molecule has 3 aromatic rings. The van der Waals surface area contributed by atoms with Crippen molar-refractivity contribution in [1.29, 1.82) is 0 Å². The van der Waals surface area contributed by atoms with Crippen LogP contribution >= 0.6 is 0 Å². The number of aromatic hydroxyl groups is 1. The third-order valence-corrected chi connectivity index (χ3v) is 5.79. The first-order valence-electron chi connectivity index (χ1n) is 12.5. The average molecular weight is 572 g/mol. The number of nitrogens with one attached hydrogen (secondary N) is 5. The van der Waals surface area contributed by atoms with Crippen molar-refractivity contribution in [3.05, 3.63) is 59.3 Å². The first-order valence-corrected chi connectivity index (χ1v) is 12.5. The van der Waals surface area contributed by atoms with Crippen LogP contribution in [0.15, 0.2) is 47.5 Å². The molecule has 1 aliphatic heterocycles. The molecule has 0 radical (unpaired) electrons. The summed E-state index contributed by atoms with van der Waals surface area (Å²) in [4.78, 5) is 39.8. The number of H-pyrrole nitrogens is 1. The van der Waals surface area contributed by atoms with Gasteiger partial charge in [-0.1, -0.05) is 18.2 Å². The standard InChI is InChI=1S/C16H23N5O6.C10H10N2O2/c22-11-4-9(15(27)18-8-13(24)17-2-1-14(25)26)3-10(5-11)21-16-19-6-12(23)7-20-16;11-10(14)9-7(5-13)6-3-1-2-4-8(6)12-9/h3-5,12,15,18,22-23,27H,1-2,6-8H2,(H,17,24)(H,25,26)(H2,19,20,21);1-5,10,12,14H,11H2. The molecule has 1 amide bonds. The summed E-state index contributed by atoms with van der Waals surface area (Å²) in [5.74, 6) is -1.15. The number of aldehydes is 1. The van der Waals surface area contributed by atoms with Crippen molar-refractivity contribution in [1.82, 2.24) is 20.9 Å². The van der Waals surface area contributed by atoms with E-state index in [1.165, 1.54) is 12.1 Å². The van der Waals surface area contributed by atoms with Crippen LogP contribution in [0, 0.1) is 0 Å². The summed E-state index contributed by atoms with van der Waals surface area (Å²) in [7, 11) is 0. The Morgan fingerprint density at radius 2 is 1.95 bits per heavy atom. The first kappa shape index (κ1) is 31.0. The highest BCUT2D eigenvalue weighted by Crippen LogP contribution is 2.24. The molecule has 12 N–H and O–H groups in total. The van der Waals surface area contributed by atoms with Gasteiger partial charge in [0.25, 0.3) is 0 Å². The molecule has 0 saturated heterocycles. The summed E-state index contributed by atoms with van der Waals surface area (Å²) in [6, 6.07) is 11.6. The molecule has 2 aromatic carbocycles. The van der Waals surface area contributed by atoms with Crippen molar-refractivity contribution in [2.75, 3.05) is 31.5 Å². The molecule has 1 aliphatic rings. The van der Waals surface area contributed by atoms with E-state index in [4.69, 9.17) is 10.8 Å². The normalized spacial score (nSPS) is 15.9. The topological polar surface area (TPSA) is 255 Å². The quantitative estimate of drug-likeness (QED) is 0.106. The zero-order valence-corrected chi connectivity index (χ0v) is 21.9. The van der Waals surface area contributed by atoms with E-state index >= 15 is 0 Å². The van der Waals surface area contributed by atoms with Crippen LogP contribution in [0.3, 0.4) is 0 Å². The maximum atomic E-state index is 11.6. The molecule has 0 spiro atoms. The lowest BCUT2D eigenvalue weighted by Gasteiger charge is -2.21. The number of hydrogen-bond acceptors (Lipinski definition) is 12. The summed E-state index contributed by atoms with van der Waals surface area (Å²) in [5.41, 5.74) is 7.68. The number of phenols is 1. The predicted molar refractivity (Wildman–Crippen MR) is 149 cm³/mol. The zero-order valence-electron chi connectivity index (χ0n) is 21.9. The van der Waals surface area contributed by atoms with Crippen LogP contribution in [-0.2, 0) is 9.59 Å². The van der Waals surface area contributed by atoms with E-state index < -0.39 is 30.4 Å². The van der Waals surface area contributed by atoms with Crippen LogP contribution in [0.25, 0.3) is 10.9 Å². The van der Waals surface area contributed by atoms with E-state index in [9.17, 15) is 34.8 Å². The van der Waals surface area contributed by atoms with E-state index in [0.717, 1.165) is 10.9 Å². The molecular weight excluding hydrogens is 538 g/mol. The van der Waals surface area contributed by atoms with Crippen molar-refractivity contribution in [3.8, 4) is 5.75 Å². The number of hydrogen-bond donors (Lipinski definition) is 11. The summed E-state index contributed by atoms with van der Waals surface area (Å²) in [6.45, 7) is 0.363. The molecule has 4 rings (SSSR count). The molecule has 3 unspecified atom stereocenters. The smallest absolute Gasteiger partial charge is 0.305 e. The minimum absolute atomic E-state index is 0.00402. The van der Waals surface area contributed by atoms with Crippen LogP contribution in [-0.4, -0.2) is 86.9 Å². The number of guanidine groups is 1. The Bertz CT molecular complexity index is 1390. The highest BCUT2D eigenvalue weighted by atomic mass is 16.4. The van der Waals surface area contributed by atoms with Gasteiger partial charge in [0.1, 0.15) is 18.2 Å². The van der Waals surface area contributed by atoms with Gasteiger partial charge in [-0.2, -0.15) is 0 Å². The number of β-amino-alcohol motifs (C(OH)–C–C–N with tert-alkyl or cyclic N) is 1. The number of anilines is 1. The largest absolute Gasteiger partial charge is 0.508 e. The number of aliphatic carboxylic acids is 1. The zero-order chi connectivity index (χ0) is 29.9. The fourth-order valence-corrected chi connectivity index (χ4v) is 3.84. The first-order chi connectivity index (χ1) is 19.6. The van der Waals surface area contributed by atoms with Gasteiger partial charge in [0, 0.05) is 46.9 Å². The van der Waals surface area contributed by atoms with Gasteiger partial charge in [0.05, 0.1) is 31.3 Å². The van der Waals surface area contributed by atoms with Gasteiger partial charge in [-0.15, -0.1) is 0 Å². The Kier molecular flexibility index (Phi) is 11.1. The van der Waals surface area contributed by atoms with E-state index in [1.807, 2.05) is 18.2 Å². The van der Waals surface area contributed by atoms with E-state index in [0.29, 0.717) is 41.3 Å². The number of benzene rings is 2. The molecule has 0 saturated carbocycles. The second kappa shape index (κ2) is 14.7. The third kappa shape index (κ3) is 9.26. The minimum Gasteiger partial charge on any atom is -0.508 e. The number of aliphatic hydroxyl groups excluding tert-OH is 3. The van der Waals surface area contributed by atoms with E-state index in [2.05, 4.69) is 31.2 Å². The number of aromatic amines is 1. The number of amides is 1. The van der Waals surface area contributed by atoms with Gasteiger partial charge in [-0.25, -0.2) is 0 Å². The number of fused-ring (bicyclic) bond motifs is 1. The van der Waals surface area contributed by atoms with Crippen LogP contribution in [0.2, 0.25) is 0 Å². The molecule has 0 aliphatic carbocycles. The van der Waals surface area contributed by atoms with Crippen molar-refractivity contribution >= 4 is 40.7 Å². The van der Waals surface area contributed by atoms with E-state index in [-0.39, 0.29) is 31.8 Å². The maximum Gasteiger partial charge on any atom is 0.305 e. The van der Waals surface area contributed by atoms with Crippen LogP contribution in [0.4, 0.5) is 5.69 Å². The molecule has 2 heterocycles. The van der Waals surface area contributed by atoms with Crippen molar-refractivity contribution < 1.29 is 39.9 Å². The Hall–Kier alpha value is -4.54. The van der Waals surface area contributed by atoms with Gasteiger partial charge in [0.15, 0.2) is 12.2 Å². The van der Waals surface area contributed by atoms with E-state index in [1.54, 1.807) is 12.1 Å². The van der Waals surface area contributed by atoms with Crippen LogP contribution < -0.4 is 27.0 Å². The molecular formula is C26H33N7O8. The van der Waals surface area contributed by atoms with Crippen molar-refractivity contribution in [3.63, 3.8) is 0 Å². The Balaban J connectivity index is 0.000000275. The lowest BCUT2D eigenvalue weighted by molar-refractivity contribution is -0.136. The SMILES string of the molecule is NC(O)c1[nH]c2ccccc2c1C=O.O=C(O)CCNC(=O)CNC(O)c1cc(O)cc(NC2=NCC(O)CN2)c1. The number of carbonyl (C=O) groups excluding carboxylic acids is 2. The number of phenolic OH excluding ortho intramolecular Hbond substituents is 1. The van der Waals surface area contributed by atoms with Crippen LogP contribution in [0.1, 0.15) is 40.5 Å². The number of rotatable bonds is 10.